The van der Waals surface area contributed by atoms with E-state index in [2.05, 4.69) is 32.0 Å². The molecule has 0 bridgehead atoms. The van der Waals surface area contributed by atoms with Gasteiger partial charge in [-0.1, -0.05) is 30.3 Å². The largest absolute Gasteiger partial charge is 0.465 e. The summed E-state index contributed by atoms with van der Waals surface area (Å²) >= 11 is 0. The molecule has 0 unspecified atom stereocenters. The lowest BCUT2D eigenvalue weighted by Gasteiger charge is -2.14. The van der Waals surface area contributed by atoms with Gasteiger partial charge in [-0.05, 0) is 54.7 Å². The van der Waals surface area contributed by atoms with Crippen molar-refractivity contribution in [3.8, 4) is 11.1 Å². The van der Waals surface area contributed by atoms with Gasteiger partial charge in [0.05, 0.1) is 12.7 Å². The third-order valence-electron chi connectivity index (χ3n) is 3.49. The van der Waals surface area contributed by atoms with Crippen LogP contribution in [0.4, 0.5) is 0 Å². The molecule has 0 radical (unpaired) electrons. The molecule has 0 aliphatic rings. The number of hydrogen-bond acceptors (Lipinski definition) is 2. The Balaban J connectivity index is 2.67. The highest BCUT2D eigenvalue weighted by Crippen LogP contribution is 2.31. The number of hydrogen-bond donors (Lipinski definition) is 0. The zero-order valence-corrected chi connectivity index (χ0v) is 11.8. The Morgan fingerprint density at radius 1 is 0.947 bits per heavy atom. The van der Waals surface area contributed by atoms with E-state index in [1.807, 2.05) is 19.1 Å². The maximum Gasteiger partial charge on any atom is 0.338 e. The molecular formula is C17H18O2. The Morgan fingerprint density at radius 2 is 1.53 bits per heavy atom. The van der Waals surface area contributed by atoms with Gasteiger partial charge in [-0.25, -0.2) is 4.79 Å². The number of esters is 1. The number of carbonyl (C=O) groups is 1. The minimum atomic E-state index is -0.286. The molecule has 2 aromatic rings. The molecule has 0 aliphatic carbocycles. The number of benzene rings is 2. The van der Waals surface area contributed by atoms with Crippen molar-refractivity contribution < 1.29 is 9.53 Å². The van der Waals surface area contributed by atoms with E-state index >= 15 is 0 Å². The van der Waals surface area contributed by atoms with Crippen LogP contribution in [0.2, 0.25) is 0 Å². The standard InChI is InChI=1S/C17H18O2/c1-11-7-5-8-12(2)16(11)14-9-6-10-15(13(14)3)17(18)19-4/h5-10H,1-4H3. The van der Waals surface area contributed by atoms with Crippen molar-refractivity contribution in [1.29, 1.82) is 0 Å². The van der Waals surface area contributed by atoms with Crippen LogP contribution in [0.1, 0.15) is 27.0 Å². The molecule has 2 nitrogen and oxygen atoms in total. The van der Waals surface area contributed by atoms with Crippen molar-refractivity contribution in [1.82, 2.24) is 0 Å². The molecule has 98 valence electrons. The predicted octanol–water partition coefficient (Wildman–Crippen LogP) is 4.07. The lowest BCUT2D eigenvalue weighted by Crippen LogP contribution is -2.05. The summed E-state index contributed by atoms with van der Waals surface area (Å²) in [6, 6.07) is 12.0. The Labute approximate surface area is 114 Å². The lowest BCUT2D eigenvalue weighted by molar-refractivity contribution is 0.0600. The first-order valence-electron chi connectivity index (χ1n) is 6.30. The minimum absolute atomic E-state index is 0.286. The summed E-state index contributed by atoms with van der Waals surface area (Å²) in [7, 11) is 1.41. The molecule has 2 heteroatoms. The molecule has 0 saturated heterocycles. The quantitative estimate of drug-likeness (QED) is 0.755. The summed E-state index contributed by atoms with van der Waals surface area (Å²) in [4.78, 5) is 11.8. The molecule has 19 heavy (non-hydrogen) atoms. The highest BCUT2D eigenvalue weighted by molar-refractivity contribution is 5.93. The van der Waals surface area contributed by atoms with Crippen LogP contribution in [0, 0.1) is 20.8 Å². The van der Waals surface area contributed by atoms with Gasteiger partial charge < -0.3 is 4.74 Å². The number of methoxy groups -OCH3 is 1. The first-order valence-corrected chi connectivity index (χ1v) is 6.30. The molecule has 2 rings (SSSR count). The molecule has 0 N–H and O–H groups in total. The number of rotatable bonds is 2. The Kier molecular flexibility index (Phi) is 3.70. The maximum atomic E-state index is 11.8. The minimum Gasteiger partial charge on any atom is -0.465 e. The Morgan fingerprint density at radius 3 is 2.11 bits per heavy atom. The second-order valence-electron chi connectivity index (χ2n) is 4.74. The zero-order chi connectivity index (χ0) is 14.0. The molecule has 0 fully saturated rings. The summed E-state index contributed by atoms with van der Waals surface area (Å²) in [6.07, 6.45) is 0. The number of ether oxygens (including phenoxy) is 1. The van der Waals surface area contributed by atoms with Crippen LogP contribution in [0.15, 0.2) is 36.4 Å². The fraction of sp³-hybridized carbons (Fsp3) is 0.235. The third kappa shape index (κ3) is 2.39. The van der Waals surface area contributed by atoms with Gasteiger partial charge in [0, 0.05) is 0 Å². The second-order valence-corrected chi connectivity index (χ2v) is 4.74. The predicted molar refractivity (Wildman–Crippen MR) is 77.4 cm³/mol. The third-order valence-corrected chi connectivity index (χ3v) is 3.49. The van der Waals surface area contributed by atoms with Crippen LogP contribution in [0.3, 0.4) is 0 Å². The van der Waals surface area contributed by atoms with Crippen molar-refractivity contribution in [2.24, 2.45) is 0 Å². The fourth-order valence-electron chi connectivity index (χ4n) is 2.48. The summed E-state index contributed by atoms with van der Waals surface area (Å²) in [5.41, 5.74) is 6.31. The fourth-order valence-corrected chi connectivity index (χ4v) is 2.48. The van der Waals surface area contributed by atoms with Gasteiger partial charge >= 0.3 is 5.97 Å². The van der Waals surface area contributed by atoms with Gasteiger partial charge in [0.15, 0.2) is 0 Å². The number of aryl methyl sites for hydroxylation is 2. The van der Waals surface area contributed by atoms with Gasteiger partial charge in [-0.2, -0.15) is 0 Å². The van der Waals surface area contributed by atoms with Crippen LogP contribution < -0.4 is 0 Å². The smallest absolute Gasteiger partial charge is 0.338 e. The summed E-state index contributed by atoms with van der Waals surface area (Å²) in [6.45, 7) is 6.15. The Hall–Kier alpha value is -2.09. The van der Waals surface area contributed by atoms with E-state index in [1.165, 1.54) is 23.8 Å². The lowest BCUT2D eigenvalue weighted by atomic mass is 9.90. The summed E-state index contributed by atoms with van der Waals surface area (Å²) in [5, 5.41) is 0. The van der Waals surface area contributed by atoms with E-state index < -0.39 is 0 Å². The van der Waals surface area contributed by atoms with Crippen molar-refractivity contribution in [2.45, 2.75) is 20.8 Å². The first-order chi connectivity index (χ1) is 9.06. The van der Waals surface area contributed by atoms with Gasteiger partial charge in [0.2, 0.25) is 0 Å². The topological polar surface area (TPSA) is 26.3 Å². The summed E-state index contributed by atoms with van der Waals surface area (Å²) in [5.74, 6) is -0.286. The van der Waals surface area contributed by atoms with E-state index in [9.17, 15) is 4.79 Å². The van der Waals surface area contributed by atoms with E-state index in [4.69, 9.17) is 4.74 Å². The highest BCUT2D eigenvalue weighted by Gasteiger charge is 2.14. The molecule has 0 spiro atoms. The van der Waals surface area contributed by atoms with Gasteiger partial charge in [-0.15, -0.1) is 0 Å². The van der Waals surface area contributed by atoms with Gasteiger partial charge in [-0.3, -0.25) is 0 Å². The monoisotopic (exact) mass is 254 g/mol. The average Bonchev–Trinajstić information content (AvgIpc) is 2.39. The molecule has 0 atom stereocenters. The molecule has 0 heterocycles. The van der Waals surface area contributed by atoms with E-state index in [0.29, 0.717) is 5.56 Å². The molecule has 0 saturated carbocycles. The number of carbonyl (C=O) groups excluding carboxylic acids is 1. The molecular weight excluding hydrogens is 236 g/mol. The van der Waals surface area contributed by atoms with E-state index in [-0.39, 0.29) is 5.97 Å². The first kappa shape index (κ1) is 13.3. The van der Waals surface area contributed by atoms with Crippen molar-refractivity contribution in [3.05, 3.63) is 58.7 Å². The second kappa shape index (κ2) is 5.27. The molecule has 2 aromatic carbocycles. The van der Waals surface area contributed by atoms with Gasteiger partial charge in [0.1, 0.15) is 0 Å². The van der Waals surface area contributed by atoms with Crippen molar-refractivity contribution >= 4 is 5.97 Å². The van der Waals surface area contributed by atoms with Crippen LogP contribution in [0.25, 0.3) is 11.1 Å². The average molecular weight is 254 g/mol. The van der Waals surface area contributed by atoms with Crippen LogP contribution in [-0.2, 0) is 4.74 Å². The van der Waals surface area contributed by atoms with Crippen LogP contribution in [-0.4, -0.2) is 13.1 Å². The SMILES string of the molecule is COC(=O)c1cccc(-c2c(C)cccc2C)c1C. The zero-order valence-electron chi connectivity index (χ0n) is 11.8. The molecule has 0 amide bonds. The van der Waals surface area contributed by atoms with Crippen molar-refractivity contribution in [3.63, 3.8) is 0 Å². The Bertz CT molecular complexity index is 607. The van der Waals surface area contributed by atoms with Crippen LogP contribution in [0.5, 0.6) is 0 Å². The molecule has 0 aliphatic heterocycles. The molecule has 0 aromatic heterocycles. The highest BCUT2D eigenvalue weighted by atomic mass is 16.5. The van der Waals surface area contributed by atoms with Gasteiger partial charge in [0.25, 0.3) is 0 Å². The van der Waals surface area contributed by atoms with E-state index in [1.54, 1.807) is 6.07 Å². The maximum absolute atomic E-state index is 11.8. The van der Waals surface area contributed by atoms with Crippen molar-refractivity contribution in [2.75, 3.05) is 7.11 Å². The van der Waals surface area contributed by atoms with E-state index in [0.717, 1.165) is 11.1 Å². The normalized spacial score (nSPS) is 10.3. The summed E-state index contributed by atoms with van der Waals surface area (Å²) < 4.78 is 4.83. The van der Waals surface area contributed by atoms with Crippen LogP contribution >= 0.6 is 0 Å².